The largest absolute Gasteiger partial charge is 0.366 e. The van der Waals surface area contributed by atoms with Crippen molar-refractivity contribution in [2.24, 2.45) is 5.73 Å². The summed E-state index contributed by atoms with van der Waals surface area (Å²) >= 11 is 0. The van der Waals surface area contributed by atoms with Crippen LogP contribution in [0.2, 0.25) is 0 Å². The number of carbonyl (C=O) groups excluding carboxylic acids is 2. The molecule has 126 valence electrons. The average Bonchev–Trinajstić information content (AvgIpc) is 3.12. The minimum atomic E-state index is -0.501. The molecule has 0 atom stereocenters. The van der Waals surface area contributed by atoms with Gasteiger partial charge in [-0.3, -0.25) is 9.59 Å². The number of hydrogen-bond acceptors (Lipinski definition) is 3. The van der Waals surface area contributed by atoms with Gasteiger partial charge in [-0.1, -0.05) is 48.5 Å². The van der Waals surface area contributed by atoms with E-state index in [1.807, 2.05) is 48.5 Å². The number of aromatic amines is 1. The molecule has 5 heteroatoms. The molecule has 0 saturated carbocycles. The van der Waals surface area contributed by atoms with E-state index in [9.17, 15) is 9.59 Å². The predicted molar refractivity (Wildman–Crippen MR) is 101 cm³/mol. The first-order valence-electron chi connectivity index (χ1n) is 8.10. The number of fused-ring (bicyclic) bond motifs is 1. The zero-order valence-corrected chi connectivity index (χ0v) is 13.8. The van der Waals surface area contributed by atoms with Gasteiger partial charge in [0.15, 0.2) is 0 Å². The van der Waals surface area contributed by atoms with E-state index in [1.165, 1.54) is 0 Å². The molecule has 0 saturated heterocycles. The van der Waals surface area contributed by atoms with Gasteiger partial charge in [0.2, 0.25) is 0 Å². The molecule has 3 aromatic carbocycles. The lowest BCUT2D eigenvalue weighted by atomic mass is 10.0. The minimum absolute atomic E-state index is 0.396. The number of carbonyl (C=O) groups is 2. The summed E-state index contributed by atoms with van der Waals surface area (Å²) in [7, 11) is 0. The topological polar surface area (TPSA) is 88.8 Å². The van der Waals surface area contributed by atoms with Crippen LogP contribution in [0, 0.1) is 0 Å². The molecule has 0 unspecified atom stereocenters. The van der Waals surface area contributed by atoms with Gasteiger partial charge in [0.05, 0.1) is 11.1 Å². The molecule has 1 heterocycles. The van der Waals surface area contributed by atoms with E-state index in [2.05, 4.69) is 9.97 Å². The number of para-hydroxylation sites is 1. The lowest BCUT2D eigenvalue weighted by molar-refractivity contribution is 0.100. The molecule has 1 amide bonds. The number of nitrogens with zero attached hydrogens (tertiary/aromatic N) is 1. The molecular formula is C21H15N3O2. The lowest BCUT2D eigenvalue weighted by Crippen LogP contribution is -2.11. The van der Waals surface area contributed by atoms with Gasteiger partial charge in [-0.25, -0.2) is 4.98 Å². The third-order valence-electron chi connectivity index (χ3n) is 4.29. The standard InChI is InChI=1S/C21H15N3O2/c22-20(26)17-5-2-6-18-19(17)24-21(23-18)15-9-7-14(8-10-15)16-4-1-3-13(11-16)12-25/h1-12H,(H2,22,26)(H,23,24). The molecular weight excluding hydrogens is 326 g/mol. The quantitative estimate of drug-likeness (QED) is 0.553. The van der Waals surface area contributed by atoms with Gasteiger partial charge in [0.1, 0.15) is 17.6 Å². The highest BCUT2D eigenvalue weighted by molar-refractivity contribution is 6.04. The fraction of sp³-hybridized carbons (Fsp3) is 0. The summed E-state index contributed by atoms with van der Waals surface area (Å²) in [4.78, 5) is 30.3. The van der Waals surface area contributed by atoms with Crippen LogP contribution in [0.25, 0.3) is 33.5 Å². The van der Waals surface area contributed by atoms with Crippen molar-refractivity contribution in [1.82, 2.24) is 9.97 Å². The number of amides is 1. The third-order valence-corrected chi connectivity index (χ3v) is 4.29. The van der Waals surface area contributed by atoms with Crippen LogP contribution in [-0.2, 0) is 0 Å². The molecule has 4 rings (SSSR count). The minimum Gasteiger partial charge on any atom is -0.366 e. The Morgan fingerprint density at radius 2 is 1.65 bits per heavy atom. The molecule has 0 fully saturated rings. The number of hydrogen-bond donors (Lipinski definition) is 2. The van der Waals surface area contributed by atoms with Crippen LogP contribution in [0.3, 0.4) is 0 Å². The summed E-state index contributed by atoms with van der Waals surface area (Å²) in [5, 5.41) is 0. The number of rotatable bonds is 4. The maximum Gasteiger partial charge on any atom is 0.250 e. The molecule has 0 aliphatic heterocycles. The number of primary amides is 1. The van der Waals surface area contributed by atoms with Crippen LogP contribution in [0.15, 0.2) is 66.7 Å². The number of imidazole rings is 1. The van der Waals surface area contributed by atoms with E-state index in [4.69, 9.17) is 5.73 Å². The predicted octanol–water partition coefficient (Wildman–Crippen LogP) is 3.81. The smallest absolute Gasteiger partial charge is 0.250 e. The summed E-state index contributed by atoms with van der Waals surface area (Å²) in [5.74, 6) is 0.168. The Bertz CT molecular complexity index is 1130. The highest BCUT2D eigenvalue weighted by atomic mass is 16.1. The van der Waals surface area contributed by atoms with Gasteiger partial charge in [-0.15, -0.1) is 0 Å². The molecule has 4 aromatic rings. The van der Waals surface area contributed by atoms with Crippen molar-refractivity contribution in [3.05, 3.63) is 77.9 Å². The Hall–Kier alpha value is -3.73. The Kier molecular flexibility index (Phi) is 3.82. The summed E-state index contributed by atoms with van der Waals surface area (Å²) in [5.41, 5.74) is 10.7. The average molecular weight is 341 g/mol. The van der Waals surface area contributed by atoms with Crippen molar-refractivity contribution in [2.75, 3.05) is 0 Å². The highest BCUT2D eigenvalue weighted by Crippen LogP contribution is 2.26. The van der Waals surface area contributed by atoms with E-state index in [1.54, 1.807) is 18.2 Å². The van der Waals surface area contributed by atoms with Crippen LogP contribution in [0.5, 0.6) is 0 Å². The maximum absolute atomic E-state index is 11.6. The molecule has 0 spiro atoms. The number of aldehydes is 1. The second kappa shape index (κ2) is 6.29. The zero-order valence-electron chi connectivity index (χ0n) is 13.8. The lowest BCUT2D eigenvalue weighted by Gasteiger charge is -2.04. The Labute approximate surface area is 149 Å². The molecule has 5 nitrogen and oxygen atoms in total. The van der Waals surface area contributed by atoms with E-state index in [0.29, 0.717) is 22.5 Å². The summed E-state index contributed by atoms with van der Waals surface area (Å²) in [6.07, 6.45) is 0.836. The van der Waals surface area contributed by atoms with Crippen LogP contribution in [-0.4, -0.2) is 22.2 Å². The number of aromatic nitrogens is 2. The molecule has 0 aliphatic rings. The summed E-state index contributed by atoms with van der Waals surface area (Å²) < 4.78 is 0. The van der Waals surface area contributed by atoms with Crippen molar-refractivity contribution in [2.45, 2.75) is 0 Å². The van der Waals surface area contributed by atoms with Gasteiger partial charge in [0.25, 0.3) is 5.91 Å². The van der Waals surface area contributed by atoms with E-state index in [0.717, 1.165) is 28.5 Å². The second-order valence-corrected chi connectivity index (χ2v) is 5.97. The Balaban J connectivity index is 1.73. The SMILES string of the molecule is NC(=O)c1cccc2[nH]c(-c3ccc(-c4cccc(C=O)c4)cc3)nc12. The monoisotopic (exact) mass is 341 g/mol. The fourth-order valence-corrected chi connectivity index (χ4v) is 2.98. The molecule has 0 aliphatic carbocycles. The number of H-pyrrole nitrogens is 1. The summed E-state index contributed by atoms with van der Waals surface area (Å²) in [6, 6.07) is 20.6. The van der Waals surface area contributed by atoms with Crippen molar-refractivity contribution in [1.29, 1.82) is 0 Å². The van der Waals surface area contributed by atoms with E-state index in [-0.39, 0.29) is 0 Å². The van der Waals surface area contributed by atoms with Crippen molar-refractivity contribution >= 4 is 23.2 Å². The first-order valence-corrected chi connectivity index (χ1v) is 8.10. The van der Waals surface area contributed by atoms with Gasteiger partial charge >= 0.3 is 0 Å². The van der Waals surface area contributed by atoms with Crippen LogP contribution < -0.4 is 5.73 Å². The normalized spacial score (nSPS) is 10.8. The summed E-state index contributed by atoms with van der Waals surface area (Å²) in [6.45, 7) is 0. The first kappa shape index (κ1) is 15.8. The van der Waals surface area contributed by atoms with Gasteiger partial charge in [0, 0.05) is 11.1 Å². The van der Waals surface area contributed by atoms with Crippen LogP contribution in [0.4, 0.5) is 0 Å². The second-order valence-electron chi connectivity index (χ2n) is 5.97. The van der Waals surface area contributed by atoms with E-state index >= 15 is 0 Å². The van der Waals surface area contributed by atoms with E-state index < -0.39 is 5.91 Å². The first-order chi connectivity index (χ1) is 12.7. The van der Waals surface area contributed by atoms with Gasteiger partial charge < -0.3 is 10.7 Å². The fourth-order valence-electron chi connectivity index (χ4n) is 2.98. The zero-order chi connectivity index (χ0) is 18.1. The van der Waals surface area contributed by atoms with Gasteiger partial charge in [-0.2, -0.15) is 0 Å². The Morgan fingerprint density at radius 1 is 0.923 bits per heavy atom. The number of benzene rings is 3. The highest BCUT2D eigenvalue weighted by Gasteiger charge is 2.12. The van der Waals surface area contributed by atoms with Crippen molar-refractivity contribution in [3.8, 4) is 22.5 Å². The molecule has 3 N–H and O–H groups in total. The third kappa shape index (κ3) is 2.75. The maximum atomic E-state index is 11.6. The number of nitrogens with one attached hydrogen (secondary N) is 1. The van der Waals surface area contributed by atoms with Crippen LogP contribution in [0.1, 0.15) is 20.7 Å². The molecule has 26 heavy (non-hydrogen) atoms. The van der Waals surface area contributed by atoms with Crippen LogP contribution >= 0.6 is 0 Å². The van der Waals surface area contributed by atoms with Gasteiger partial charge in [-0.05, 0) is 29.3 Å². The number of nitrogens with two attached hydrogens (primary N) is 1. The van der Waals surface area contributed by atoms with Crippen molar-refractivity contribution < 1.29 is 9.59 Å². The Morgan fingerprint density at radius 3 is 2.38 bits per heavy atom. The van der Waals surface area contributed by atoms with Crippen molar-refractivity contribution in [3.63, 3.8) is 0 Å². The molecule has 0 radical (unpaired) electrons. The molecule has 1 aromatic heterocycles. The molecule has 0 bridgehead atoms.